The minimum atomic E-state index is -0.169. The van der Waals surface area contributed by atoms with Gasteiger partial charge in [0.15, 0.2) is 8.68 Å². The van der Waals surface area contributed by atoms with Crippen molar-refractivity contribution < 1.29 is 9.59 Å². The first kappa shape index (κ1) is 19.3. The number of hydrogen-bond acceptors (Lipinski definition) is 9. The average Bonchev–Trinajstić information content (AvgIpc) is 3.14. The zero-order chi connectivity index (χ0) is 18.9. The molecule has 11 heteroatoms. The van der Waals surface area contributed by atoms with Crippen molar-refractivity contribution in [2.45, 2.75) is 8.68 Å². The predicted molar refractivity (Wildman–Crippen MR) is 107 cm³/mol. The standard InChI is InChI=1S/C16H14N6O2S3/c23-13(19-11-5-1-3-7-17-11)9-25-15-21-22-16(27-15)26-10-14(24)20-12-6-2-4-8-18-12/h1-8H,9-10H2,(H,17,19,23)(H,18,20,24). The van der Waals surface area contributed by atoms with E-state index in [1.54, 1.807) is 48.8 Å². The van der Waals surface area contributed by atoms with Crippen LogP contribution in [0.1, 0.15) is 0 Å². The number of carbonyl (C=O) groups excluding carboxylic acids is 2. The van der Waals surface area contributed by atoms with Crippen molar-refractivity contribution in [3.63, 3.8) is 0 Å². The van der Waals surface area contributed by atoms with Gasteiger partial charge in [0.1, 0.15) is 11.6 Å². The third-order valence-electron chi connectivity index (χ3n) is 2.91. The number of nitrogens with one attached hydrogen (secondary N) is 2. The zero-order valence-electron chi connectivity index (χ0n) is 13.9. The quantitative estimate of drug-likeness (QED) is 0.538. The molecule has 0 aliphatic rings. The van der Waals surface area contributed by atoms with E-state index in [0.29, 0.717) is 20.3 Å². The number of nitrogens with zero attached hydrogens (tertiary/aromatic N) is 4. The van der Waals surface area contributed by atoms with E-state index in [-0.39, 0.29) is 23.3 Å². The molecule has 0 spiro atoms. The van der Waals surface area contributed by atoms with Crippen LogP contribution in [0.3, 0.4) is 0 Å². The van der Waals surface area contributed by atoms with Crippen LogP contribution in [0.25, 0.3) is 0 Å². The number of carbonyl (C=O) groups is 2. The van der Waals surface area contributed by atoms with E-state index >= 15 is 0 Å². The second-order valence-corrected chi connectivity index (χ2v) is 8.36. The summed E-state index contributed by atoms with van der Waals surface area (Å²) in [7, 11) is 0. The molecule has 0 saturated heterocycles. The molecule has 3 heterocycles. The Labute approximate surface area is 167 Å². The largest absolute Gasteiger partial charge is 0.310 e. The lowest BCUT2D eigenvalue weighted by atomic mass is 10.4. The highest BCUT2D eigenvalue weighted by Crippen LogP contribution is 2.28. The van der Waals surface area contributed by atoms with Crippen LogP contribution >= 0.6 is 34.9 Å². The summed E-state index contributed by atoms with van der Waals surface area (Å²) in [5.74, 6) is 1.09. The average molecular weight is 419 g/mol. The number of hydrogen-bond donors (Lipinski definition) is 2. The third-order valence-corrected chi connectivity index (χ3v) is 6.10. The topological polar surface area (TPSA) is 110 Å². The van der Waals surface area contributed by atoms with Gasteiger partial charge >= 0.3 is 0 Å². The van der Waals surface area contributed by atoms with Crippen LogP contribution in [0.5, 0.6) is 0 Å². The summed E-state index contributed by atoms with van der Waals surface area (Å²) < 4.78 is 1.33. The van der Waals surface area contributed by atoms with Crippen LogP contribution in [0, 0.1) is 0 Å². The van der Waals surface area contributed by atoms with Gasteiger partial charge in [-0.25, -0.2) is 9.97 Å². The molecule has 2 amide bonds. The number of thioether (sulfide) groups is 2. The predicted octanol–water partition coefficient (Wildman–Crippen LogP) is 2.79. The zero-order valence-corrected chi connectivity index (χ0v) is 16.3. The Morgan fingerprint density at radius 3 is 1.70 bits per heavy atom. The highest BCUT2D eigenvalue weighted by Gasteiger charge is 2.11. The SMILES string of the molecule is O=C(CSc1nnc(SCC(=O)Nc2ccccn2)s1)Nc1ccccn1. The van der Waals surface area contributed by atoms with Crippen molar-refractivity contribution in [2.24, 2.45) is 0 Å². The van der Waals surface area contributed by atoms with Gasteiger partial charge in [-0.15, -0.1) is 10.2 Å². The van der Waals surface area contributed by atoms with Crippen LogP contribution in [-0.2, 0) is 9.59 Å². The number of anilines is 2. The molecule has 0 unspecified atom stereocenters. The van der Waals surface area contributed by atoms with E-state index in [2.05, 4.69) is 30.8 Å². The molecule has 3 aromatic heterocycles. The van der Waals surface area contributed by atoms with E-state index in [1.165, 1.54) is 34.9 Å². The first-order valence-corrected chi connectivity index (χ1v) is 10.5. The highest BCUT2D eigenvalue weighted by molar-refractivity contribution is 8.03. The first-order chi connectivity index (χ1) is 13.2. The van der Waals surface area contributed by atoms with Crippen LogP contribution in [-0.4, -0.2) is 43.5 Å². The number of rotatable bonds is 8. The number of amides is 2. The van der Waals surface area contributed by atoms with Crippen molar-refractivity contribution in [3.8, 4) is 0 Å². The molecule has 3 aromatic rings. The van der Waals surface area contributed by atoms with Crippen molar-refractivity contribution in [3.05, 3.63) is 48.8 Å². The van der Waals surface area contributed by atoms with Crippen LogP contribution in [0.2, 0.25) is 0 Å². The molecule has 0 saturated carbocycles. The Morgan fingerprint density at radius 2 is 1.30 bits per heavy atom. The minimum Gasteiger partial charge on any atom is -0.310 e. The second-order valence-electron chi connectivity index (χ2n) is 4.94. The maximum Gasteiger partial charge on any atom is 0.235 e. The lowest BCUT2D eigenvalue weighted by Gasteiger charge is -2.02. The number of aromatic nitrogens is 4. The van der Waals surface area contributed by atoms with Crippen molar-refractivity contribution >= 4 is 58.3 Å². The molecular formula is C16H14N6O2S3. The normalized spacial score (nSPS) is 10.4. The molecule has 0 atom stereocenters. The monoisotopic (exact) mass is 418 g/mol. The molecule has 8 nitrogen and oxygen atoms in total. The van der Waals surface area contributed by atoms with Gasteiger partial charge in [0, 0.05) is 12.4 Å². The van der Waals surface area contributed by atoms with Gasteiger partial charge in [0.25, 0.3) is 0 Å². The fourth-order valence-corrected chi connectivity index (χ4v) is 4.42. The van der Waals surface area contributed by atoms with E-state index < -0.39 is 0 Å². The van der Waals surface area contributed by atoms with E-state index in [9.17, 15) is 9.59 Å². The van der Waals surface area contributed by atoms with Gasteiger partial charge in [0.05, 0.1) is 11.5 Å². The fraction of sp³-hybridized carbons (Fsp3) is 0.125. The van der Waals surface area contributed by atoms with Gasteiger partial charge < -0.3 is 10.6 Å². The molecule has 138 valence electrons. The number of pyridine rings is 2. The molecule has 0 fully saturated rings. The fourth-order valence-electron chi connectivity index (χ4n) is 1.80. The van der Waals surface area contributed by atoms with Crippen LogP contribution < -0.4 is 10.6 Å². The Balaban J connectivity index is 1.40. The van der Waals surface area contributed by atoms with Crippen molar-refractivity contribution in [1.29, 1.82) is 0 Å². The first-order valence-electron chi connectivity index (χ1n) is 7.70. The van der Waals surface area contributed by atoms with Gasteiger partial charge in [-0.3, -0.25) is 9.59 Å². The van der Waals surface area contributed by atoms with Crippen molar-refractivity contribution in [1.82, 2.24) is 20.2 Å². The highest BCUT2D eigenvalue weighted by atomic mass is 32.2. The maximum atomic E-state index is 11.9. The van der Waals surface area contributed by atoms with Gasteiger partial charge in [-0.05, 0) is 24.3 Å². The van der Waals surface area contributed by atoms with Crippen molar-refractivity contribution in [2.75, 3.05) is 22.1 Å². The summed E-state index contributed by atoms with van der Waals surface area (Å²) in [5, 5.41) is 13.5. The Bertz CT molecular complexity index is 819. The Kier molecular flexibility index (Phi) is 7.13. The lowest BCUT2D eigenvalue weighted by molar-refractivity contribution is -0.114. The van der Waals surface area contributed by atoms with Gasteiger partial charge in [-0.1, -0.05) is 47.0 Å². The molecule has 3 rings (SSSR count). The Morgan fingerprint density at radius 1 is 0.815 bits per heavy atom. The Hall–Kier alpha value is -2.50. The molecule has 0 aromatic carbocycles. The summed E-state index contributed by atoms with van der Waals surface area (Å²) >= 11 is 3.92. The summed E-state index contributed by atoms with van der Waals surface area (Å²) in [6.07, 6.45) is 3.22. The molecule has 0 bridgehead atoms. The van der Waals surface area contributed by atoms with E-state index in [0.717, 1.165) is 0 Å². The molecule has 0 radical (unpaired) electrons. The van der Waals surface area contributed by atoms with Crippen LogP contribution in [0.15, 0.2) is 57.5 Å². The third kappa shape index (κ3) is 6.62. The molecule has 0 aliphatic carbocycles. The molecule has 0 aliphatic heterocycles. The van der Waals surface area contributed by atoms with E-state index in [1.807, 2.05) is 0 Å². The maximum absolute atomic E-state index is 11.9. The summed E-state index contributed by atoms with van der Waals surface area (Å²) in [6, 6.07) is 10.6. The second kappa shape index (κ2) is 10.00. The van der Waals surface area contributed by atoms with Crippen LogP contribution in [0.4, 0.5) is 11.6 Å². The molecular weight excluding hydrogens is 404 g/mol. The van der Waals surface area contributed by atoms with Gasteiger partial charge in [0.2, 0.25) is 11.8 Å². The molecule has 2 N–H and O–H groups in total. The minimum absolute atomic E-state index is 0.169. The summed E-state index contributed by atoms with van der Waals surface area (Å²) in [6.45, 7) is 0. The van der Waals surface area contributed by atoms with Gasteiger partial charge in [-0.2, -0.15) is 0 Å². The summed E-state index contributed by atoms with van der Waals surface area (Å²) in [4.78, 5) is 31.9. The summed E-state index contributed by atoms with van der Waals surface area (Å²) in [5.41, 5.74) is 0. The lowest BCUT2D eigenvalue weighted by Crippen LogP contribution is -2.14. The van der Waals surface area contributed by atoms with E-state index in [4.69, 9.17) is 0 Å². The smallest absolute Gasteiger partial charge is 0.235 e. The molecule has 27 heavy (non-hydrogen) atoms.